The van der Waals surface area contributed by atoms with Gasteiger partial charge >= 0.3 is 6.09 Å². The van der Waals surface area contributed by atoms with E-state index < -0.39 is 5.60 Å². The van der Waals surface area contributed by atoms with E-state index in [0.29, 0.717) is 19.6 Å². The number of nitrogens with one attached hydrogen (secondary N) is 2. The van der Waals surface area contributed by atoms with E-state index in [2.05, 4.69) is 58.9 Å². The summed E-state index contributed by atoms with van der Waals surface area (Å²) in [5, 5.41) is 8.67. The van der Waals surface area contributed by atoms with Crippen molar-refractivity contribution in [3.8, 4) is 11.3 Å². The molecule has 2 amide bonds. The minimum absolute atomic E-state index is 0.0200. The molecule has 0 bridgehead atoms. The lowest BCUT2D eigenvalue weighted by molar-refractivity contribution is 0.0240. The third-order valence-corrected chi connectivity index (χ3v) is 8.63. The number of hydrogen-bond acceptors (Lipinski definition) is 7. The standard InChI is InChI=1S/C31H35N5O3S/c1-18-16-20(35-12-14-36(15-13-35)30(38)39-31(3,4)5)6-7-21(18)23-9-8-22-24(34-23)10-11-25-26(22)27-28(40-25)29(37)33-19(2)17-32-27/h6-11,16,19,32H,12-15,17H2,1-5H3,(H,33,37)/t19-/m1/s1. The first-order valence-corrected chi connectivity index (χ1v) is 14.6. The highest BCUT2D eigenvalue weighted by Gasteiger charge is 2.27. The fourth-order valence-corrected chi connectivity index (χ4v) is 6.58. The Labute approximate surface area is 238 Å². The summed E-state index contributed by atoms with van der Waals surface area (Å²) < 4.78 is 6.61. The molecule has 0 spiro atoms. The third kappa shape index (κ3) is 4.94. The second-order valence-electron chi connectivity index (χ2n) is 11.7. The quantitative estimate of drug-likeness (QED) is 0.313. The molecule has 6 rings (SSSR count). The molecule has 2 N–H and O–H groups in total. The topological polar surface area (TPSA) is 86.8 Å². The number of nitrogens with zero attached hydrogens (tertiary/aromatic N) is 3. The number of piperazine rings is 1. The zero-order valence-electron chi connectivity index (χ0n) is 23.6. The first kappa shape index (κ1) is 26.4. The molecule has 1 fully saturated rings. The van der Waals surface area contributed by atoms with Crippen molar-refractivity contribution in [1.82, 2.24) is 15.2 Å². The SMILES string of the molecule is Cc1cc(N2CCN(C(=O)OC(C)(C)C)CC2)ccc1-c1ccc2c(ccc3sc4c(c32)NC[C@@H](C)NC4=O)n1. The fraction of sp³-hybridized carbons (Fsp3) is 0.387. The molecule has 208 valence electrons. The van der Waals surface area contributed by atoms with Crippen LogP contribution in [-0.2, 0) is 4.74 Å². The first-order chi connectivity index (χ1) is 19.1. The normalized spacial score (nSPS) is 17.8. The van der Waals surface area contributed by atoms with Crippen molar-refractivity contribution < 1.29 is 14.3 Å². The molecule has 2 aromatic heterocycles. The van der Waals surface area contributed by atoms with Crippen LogP contribution < -0.4 is 15.5 Å². The Bertz CT molecular complexity index is 1630. The lowest BCUT2D eigenvalue weighted by Gasteiger charge is -2.37. The molecule has 2 aliphatic heterocycles. The monoisotopic (exact) mass is 557 g/mol. The number of pyridine rings is 1. The van der Waals surface area contributed by atoms with Crippen molar-refractivity contribution in [1.29, 1.82) is 0 Å². The number of amides is 2. The van der Waals surface area contributed by atoms with Gasteiger partial charge in [0.15, 0.2) is 0 Å². The van der Waals surface area contributed by atoms with E-state index in [1.165, 1.54) is 11.3 Å². The lowest BCUT2D eigenvalue weighted by Crippen LogP contribution is -2.50. The minimum Gasteiger partial charge on any atom is -0.444 e. The van der Waals surface area contributed by atoms with Crippen LogP contribution in [0.4, 0.5) is 16.2 Å². The molecule has 1 atom stereocenters. The molecule has 9 heteroatoms. The molecule has 2 aromatic carbocycles. The van der Waals surface area contributed by atoms with Crippen molar-refractivity contribution in [2.24, 2.45) is 0 Å². The van der Waals surface area contributed by atoms with Crippen LogP contribution in [0.5, 0.6) is 0 Å². The van der Waals surface area contributed by atoms with Gasteiger partial charge in [-0.1, -0.05) is 6.07 Å². The molecule has 8 nitrogen and oxygen atoms in total. The molecule has 0 unspecified atom stereocenters. The Hall–Kier alpha value is -3.85. The maximum atomic E-state index is 12.8. The zero-order valence-corrected chi connectivity index (χ0v) is 24.4. The molecule has 1 saturated heterocycles. The van der Waals surface area contributed by atoms with Gasteiger partial charge in [-0.15, -0.1) is 11.3 Å². The highest BCUT2D eigenvalue weighted by atomic mass is 32.1. The third-order valence-electron chi connectivity index (χ3n) is 7.47. The van der Waals surface area contributed by atoms with Gasteiger partial charge in [-0.25, -0.2) is 9.78 Å². The second-order valence-corrected chi connectivity index (χ2v) is 12.8. The molecular formula is C31H35N5O3S. The number of fused-ring (bicyclic) bond motifs is 5. The predicted molar refractivity (Wildman–Crippen MR) is 163 cm³/mol. The van der Waals surface area contributed by atoms with Crippen molar-refractivity contribution in [2.75, 3.05) is 42.9 Å². The second kappa shape index (κ2) is 9.96. The molecule has 0 aliphatic carbocycles. The van der Waals surface area contributed by atoms with Crippen molar-refractivity contribution in [3.05, 3.63) is 52.9 Å². The van der Waals surface area contributed by atoms with E-state index in [1.54, 1.807) is 4.90 Å². The van der Waals surface area contributed by atoms with E-state index in [4.69, 9.17) is 9.72 Å². The fourth-order valence-electron chi connectivity index (χ4n) is 5.48. The van der Waals surface area contributed by atoms with Gasteiger partial charge in [0.1, 0.15) is 10.5 Å². The maximum Gasteiger partial charge on any atom is 0.410 e. The number of aromatic nitrogens is 1. The van der Waals surface area contributed by atoms with Gasteiger partial charge in [0.25, 0.3) is 5.91 Å². The molecule has 2 aliphatic rings. The van der Waals surface area contributed by atoms with Crippen LogP contribution in [0.25, 0.3) is 32.2 Å². The van der Waals surface area contributed by atoms with Gasteiger partial charge in [-0.05, 0) is 76.6 Å². The molecule has 0 radical (unpaired) electrons. The number of ether oxygens (including phenoxy) is 1. The Balaban J connectivity index is 1.24. The smallest absolute Gasteiger partial charge is 0.410 e. The number of anilines is 2. The highest BCUT2D eigenvalue weighted by molar-refractivity contribution is 7.21. The van der Waals surface area contributed by atoms with Crippen molar-refractivity contribution >= 4 is 55.7 Å². The number of thiophene rings is 1. The minimum atomic E-state index is -0.488. The predicted octanol–water partition coefficient (Wildman–Crippen LogP) is 6.03. The van der Waals surface area contributed by atoms with Crippen LogP contribution in [0.3, 0.4) is 0 Å². The van der Waals surface area contributed by atoms with Crippen LogP contribution >= 0.6 is 11.3 Å². The molecule has 0 saturated carbocycles. The van der Waals surface area contributed by atoms with E-state index in [-0.39, 0.29) is 18.0 Å². The van der Waals surface area contributed by atoms with Gasteiger partial charge in [0.05, 0.1) is 16.9 Å². The summed E-state index contributed by atoms with van der Waals surface area (Å²) in [7, 11) is 0. The average molecular weight is 558 g/mol. The first-order valence-electron chi connectivity index (χ1n) is 13.8. The van der Waals surface area contributed by atoms with Crippen LogP contribution in [0, 0.1) is 6.92 Å². The number of rotatable bonds is 2. The number of carbonyl (C=O) groups is 2. The van der Waals surface area contributed by atoms with Crippen LogP contribution in [0.2, 0.25) is 0 Å². The highest BCUT2D eigenvalue weighted by Crippen LogP contribution is 2.41. The summed E-state index contributed by atoms with van der Waals surface area (Å²) in [5.74, 6) is -0.0200. The van der Waals surface area contributed by atoms with E-state index in [0.717, 1.165) is 67.2 Å². The maximum absolute atomic E-state index is 12.8. The summed E-state index contributed by atoms with van der Waals surface area (Å²) >= 11 is 1.52. The number of aryl methyl sites for hydroxylation is 1. The summed E-state index contributed by atoms with van der Waals surface area (Å²) in [6, 6.07) is 14.9. The van der Waals surface area contributed by atoms with E-state index in [9.17, 15) is 9.59 Å². The summed E-state index contributed by atoms with van der Waals surface area (Å²) in [6.45, 7) is 13.3. The summed E-state index contributed by atoms with van der Waals surface area (Å²) in [5.41, 5.74) is 5.64. The molecule has 40 heavy (non-hydrogen) atoms. The summed E-state index contributed by atoms with van der Waals surface area (Å²) in [4.78, 5) is 35.1. The number of carbonyl (C=O) groups excluding carboxylic acids is 2. The Morgan fingerprint density at radius 3 is 2.58 bits per heavy atom. The van der Waals surface area contributed by atoms with Crippen molar-refractivity contribution in [2.45, 2.75) is 46.3 Å². The van der Waals surface area contributed by atoms with Gasteiger partial charge < -0.3 is 25.2 Å². The van der Waals surface area contributed by atoms with Gasteiger partial charge in [-0.2, -0.15) is 0 Å². The number of hydrogen-bond donors (Lipinski definition) is 2. The van der Waals surface area contributed by atoms with Crippen LogP contribution in [0.15, 0.2) is 42.5 Å². The Kier molecular flexibility index (Phi) is 6.57. The van der Waals surface area contributed by atoms with Gasteiger partial charge in [0, 0.05) is 65.5 Å². The lowest BCUT2D eigenvalue weighted by atomic mass is 10.0. The van der Waals surface area contributed by atoms with Gasteiger partial charge in [-0.3, -0.25) is 4.79 Å². The molecular weight excluding hydrogens is 522 g/mol. The molecule has 4 heterocycles. The van der Waals surface area contributed by atoms with Crippen LogP contribution in [0.1, 0.15) is 42.9 Å². The van der Waals surface area contributed by atoms with Crippen LogP contribution in [-0.4, -0.2) is 66.3 Å². The van der Waals surface area contributed by atoms with Gasteiger partial charge in [0.2, 0.25) is 0 Å². The summed E-state index contributed by atoms with van der Waals surface area (Å²) in [6.07, 6.45) is -0.245. The Morgan fingerprint density at radius 2 is 1.85 bits per heavy atom. The van der Waals surface area contributed by atoms with Crippen molar-refractivity contribution in [3.63, 3.8) is 0 Å². The largest absolute Gasteiger partial charge is 0.444 e. The average Bonchev–Trinajstić information content (AvgIpc) is 3.23. The van der Waals surface area contributed by atoms with E-state index in [1.807, 2.05) is 33.8 Å². The molecule has 4 aromatic rings. The zero-order chi connectivity index (χ0) is 28.2. The number of benzene rings is 2. The Morgan fingerprint density at radius 1 is 1.07 bits per heavy atom. The van der Waals surface area contributed by atoms with E-state index >= 15 is 0 Å².